The molecule has 0 unspecified atom stereocenters. The first-order valence-corrected chi connectivity index (χ1v) is 14.3. The molecule has 40 heavy (non-hydrogen) atoms. The number of hydrogen-bond acceptors (Lipinski definition) is 7. The summed E-state index contributed by atoms with van der Waals surface area (Å²) in [6, 6.07) is 29.1. The van der Waals surface area contributed by atoms with Crippen molar-refractivity contribution in [3.8, 4) is 17.3 Å². The minimum absolute atomic E-state index is 0.250. The summed E-state index contributed by atoms with van der Waals surface area (Å²) in [4.78, 5) is 17.8. The smallest absolute Gasteiger partial charge is 0.271 e. The van der Waals surface area contributed by atoms with E-state index in [4.69, 9.17) is 4.42 Å². The molecular weight excluding hydrogens is 545 g/mol. The number of nitrogens with zero attached hydrogens (tertiary/aromatic N) is 4. The lowest BCUT2D eigenvalue weighted by atomic mass is 9.98. The van der Waals surface area contributed by atoms with Gasteiger partial charge in [0.1, 0.15) is 16.5 Å². The van der Waals surface area contributed by atoms with Crippen molar-refractivity contribution >= 4 is 29.0 Å². The van der Waals surface area contributed by atoms with E-state index in [1.54, 1.807) is 35.9 Å². The highest BCUT2D eigenvalue weighted by molar-refractivity contribution is 7.98. The van der Waals surface area contributed by atoms with E-state index in [-0.39, 0.29) is 17.8 Å². The fraction of sp³-hybridized carbons (Fsp3) is 0.0667. The zero-order chi connectivity index (χ0) is 27.3. The summed E-state index contributed by atoms with van der Waals surface area (Å²) in [6.45, 7) is 0. The first-order chi connectivity index (χ1) is 19.7. The molecular formula is C30H22FN5O2S2. The molecule has 0 bridgehead atoms. The number of thioether (sulfide) groups is 1. The third-order valence-corrected chi connectivity index (χ3v) is 8.08. The van der Waals surface area contributed by atoms with Gasteiger partial charge in [0.05, 0.1) is 23.7 Å². The number of aromatic nitrogens is 4. The molecule has 1 amide bonds. The number of carbonyl (C=O) groups excluding carboxylic acids is 1. The van der Waals surface area contributed by atoms with Gasteiger partial charge < -0.3 is 9.73 Å². The number of hydrogen-bond donors (Lipinski definition) is 1. The molecule has 3 aromatic heterocycles. The van der Waals surface area contributed by atoms with Crippen molar-refractivity contribution in [2.75, 3.05) is 0 Å². The molecule has 10 heteroatoms. The Balaban J connectivity index is 1.20. The molecule has 0 aliphatic carbocycles. The summed E-state index contributed by atoms with van der Waals surface area (Å²) in [7, 11) is 0. The average molecular weight is 568 g/mol. The zero-order valence-electron chi connectivity index (χ0n) is 21.0. The van der Waals surface area contributed by atoms with Crippen molar-refractivity contribution in [1.29, 1.82) is 0 Å². The summed E-state index contributed by atoms with van der Waals surface area (Å²) >= 11 is 2.83. The van der Waals surface area contributed by atoms with E-state index in [2.05, 4.69) is 20.5 Å². The van der Waals surface area contributed by atoms with E-state index in [1.807, 2.05) is 65.2 Å². The van der Waals surface area contributed by atoms with Crippen LogP contribution < -0.4 is 5.32 Å². The molecule has 6 aromatic rings. The Morgan fingerprint density at radius 1 is 0.925 bits per heavy atom. The Kier molecular flexibility index (Phi) is 7.51. The van der Waals surface area contributed by atoms with Gasteiger partial charge in [-0.1, -0.05) is 72.4 Å². The number of benzene rings is 3. The lowest BCUT2D eigenvalue weighted by Crippen LogP contribution is -2.29. The number of carbonyl (C=O) groups is 1. The van der Waals surface area contributed by atoms with Gasteiger partial charge in [-0.2, -0.15) is 0 Å². The predicted octanol–water partition coefficient (Wildman–Crippen LogP) is 6.93. The molecule has 6 rings (SSSR count). The molecule has 0 saturated heterocycles. The Labute approximate surface area is 237 Å². The molecule has 0 radical (unpaired) electrons. The molecule has 3 heterocycles. The maximum Gasteiger partial charge on any atom is 0.271 e. The summed E-state index contributed by atoms with van der Waals surface area (Å²) in [6.07, 6.45) is 1.56. The van der Waals surface area contributed by atoms with Crippen LogP contribution in [-0.2, 0) is 5.75 Å². The third kappa shape index (κ3) is 5.58. The molecule has 0 spiro atoms. The lowest BCUT2D eigenvalue weighted by molar-refractivity contribution is 0.0938. The van der Waals surface area contributed by atoms with Crippen LogP contribution in [0.1, 0.15) is 32.7 Å². The summed E-state index contributed by atoms with van der Waals surface area (Å²) in [5.41, 5.74) is 3.03. The van der Waals surface area contributed by atoms with E-state index in [1.165, 1.54) is 35.2 Å². The van der Waals surface area contributed by atoms with Crippen LogP contribution in [-0.4, -0.2) is 25.7 Å². The van der Waals surface area contributed by atoms with Gasteiger partial charge in [0.15, 0.2) is 10.9 Å². The minimum atomic E-state index is -0.332. The Bertz CT molecular complexity index is 1660. The molecule has 0 saturated carbocycles. The van der Waals surface area contributed by atoms with E-state index in [9.17, 15) is 9.18 Å². The standard InChI is InChI=1S/C30H22FN5O2S2/c31-22-13-15-23(16-14-22)36-28(25-12-7-17-38-25)34-35-30(36)40-19-26-32-24(18-39-26)29(37)33-27(20-8-3-1-4-9-20)21-10-5-2-6-11-21/h1-18,27H,19H2,(H,33,37). The van der Waals surface area contributed by atoms with Crippen LogP contribution in [0.2, 0.25) is 0 Å². The Hall–Kier alpha value is -4.54. The molecule has 198 valence electrons. The number of rotatable bonds is 9. The predicted molar refractivity (Wildman–Crippen MR) is 153 cm³/mol. The van der Waals surface area contributed by atoms with Crippen LogP contribution >= 0.6 is 23.1 Å². The number of furan rings is 1. The molecule has 0 aliphatic rings. The first kappa shape index (κ1) is 25.7. The van der Waals surface area contributed by atoms with Crippen LogP contribution in [0.3, 0.4) is 0 Å². The monoisotopic (exact) mass is 567 g/mol. The van der Waals surface area contributed by atoms with Gasteiger partial charge in [-0.3, -0.25) is 9.36 Å². The van der Waals surface area contributed by atoms with Gasteiger partial charge >= 0.3 is 0 Å². The number of nitrogens with one attached hydrogen (secondary N) is 1. The number of thiazole rings is 1. The fourth-order valence-electron chi connectivity index (χ4n) is 4.21. The van der Waals surface area contributed by atoms with E-state index < -0.39 is 0 Å². The van der Waals surface area contributed by atoms with Crippen molar-refractivity contribution < 1.29 is 13.6 Å². The third-order valence-electron chi connectivity index (χ3n) is 6.11. The van der Waals surface area contributed by atoms with Crippen molar-refractivity contribution in [3.63, 3.8) is 0 Å². The van der Waals surface area contributed by atoms with Gasteiger partial charge in [0.2, 0.25) is 5.82 Å². The van der Waals surface area contributed by atoms with E-state index >= 15 is 0 Å². The maximum atomic E-state index is 13.6. The van der Waals surface area contributed by atoms with Gasteiger partial charge in [-0.05, 0) is 47.5 Å². The van der Waals surface area contributed by atoms with Crippen LogP contribution in [0.5, 0.6) is 0 Å². The summed E-state index contributed by atoms with van der Waals surface area (Å²) < 4.78 is 21.0. The minimum Gasteiger partial charge on any atom is -0.461 e. The van der Waals surface area contributed by atoms with Gasteiger partial charge in [-0.25, -0.2) is 9.37 Å². The Morgan fingerprint density at radius 2 is 1.62 bits per heavy atom. The Morgan fingerprint density at radius 3 is 2.27 bits per heavy atom. The van der Waals surface area contributed by atoms with Crippen molar-refractivity contribution in [3.05, 3.63) is 136 Å². The van der Waals surface area contributed by atoms with Crippen molar-refractivity contribution in [1.82, 2.24) is 25.1 Å². The fourth-order valence-corrected chi connectivity index (χ4v) is 5.96. The summed E-state index contributed by atoms with van der Waals surface area (Å²) in [5.74, 6) is 0.936. The molecule has 0 aliphatic heterocycles. The van der Waals surface area contributed by atoms with E-state index in [0.29, 0.717) is 33.9 Å². The molecule has 0 atom stereocenters. The molecule has 7 nitrogen and oxygen atoms in total. The van der Waals surface area contributed by atoms with Crippen molar-refractivity contribution in [2.45, 2.75) is 17.0 Å². The van der Waals surface area contributed by atoms with Crippen LogP contribution in [0, 0.1) is 5.82 Å². The van der Waals surface area contributed by atoms with Crippen LogP contribution in [0.4, 0.5) is 4.39 Å². The topological polar surface area (TPSA) is 85.8 Å². The second-order valence-corrected chi connectivity index (χ2v) is 10.6. The second kappa shape index (κ2) is 11.7. The highest BCUT2D eigenvalue weighted by Crippen LogP contribution is 2.31. The van der Waals surface area contributed by atoms with Crippen LogP contribution in [0.15, 0.2) is 118 Å². The SMILES string of the molecule is O=C(NC(c1ccccc1)c1ccccc1)c1csc(CSc2nnc(-c3ccco3)n2-c2ccc(F)cc2)n1. The molecule has 3 aromatic carbocycles. The zero-order valence-corrected chi connectivity index (χ0v) is 22.6. The normalized spacial score (nSPS) is 11.2. The van der Waals surface area contributed by atoms with Crippen LogP contribution in [0.25, 0.3) is 17.3 Å². The van der Waals surface area contributed by atoms with Gasteiger partial charge in [-0.15, -0.1) is 21.5 Å². The highest BCUT2D eigenvalue weighted by Gasteiger charge is 2.21. The van der Waals surface area contributed by atoms with Crippen molar-refractivity contribution in [2.24, 2.45) is 0 Å². The lowest BCUT2D eigenvalue weighted by Gasteiger charge is -2.19. The largest absolute Gasteiger partial charge is 0.461 e. The quantitative estimate of drug-likeness (QED) is 0.191. The average Bonchev–Trinajstić information content (AvgIpc) is 3.77. The second-order valence-electron chi connectivity index (χ2n) is 8.74. The van der Waals surface area contributed by atoms with Gasteiger partial charge in [0, 0.05) is 5.38 Å². The first-order valence-electron chi connectivity index (χ1n) is 12.4. The number of amides is 1. The van der Waals surface area contributed by atoms with E-state index in [0.717, 1.165) is 16.1 Å². The highest BCUT2D eigenvalue weighted by atomic mass is 32.2. The van der Waals surface area contributed by atoms with Gasteiger partial charge in [0.25, 0.3) is 5.91 Å². The molecule has 0 fully saturated rings. The summed E-state index contributed by atoms with van der Waals surface area (Å²) in [5, 5.41) is 14.9. The maximum absolute atomic E-state index is 13.6. The molecule has 1 N–H and O–H groups in total. The number of halogens is 1.